The molecule has 2 heterocycles. The van der Waals surface area contributed by atoms with Crippen LogP contribution in [0.25, 0.3) is 0 Å². The fourth-order valence-electron chi connectivity index (χ4n) is 1.92. The lowest BCUT2D eigenvalue weighted by atomic mass is 10.3. The van der Waals surface area contributed by atoms with E-state index in [0.29, 0.717) is 25.2 Å². The molecule has 0 radical (unpaired) electrons. The van der Waals surface area contributed by atoms with Gasteiger partial charge in [-0.25, -0.2) is 13.1 Å². The molecule has 0 atom stereocenters. The highest BCUT2D eigenvalue weighted by Crippen LogP contribution is 2.18. The summed E-state index contributed by atoms with van der Waals surface area (Å²) in [6.07, 6.45) is 5.27. The Morgan fingerprint density at radius 2 is 2.14 bits per heavy atom. The van der Waals surface area contributed by atoms with Crippen LogP contribution in [-0.2, 0) is 23.5 Å². The molecule has 0 aliphatic heterocycles. The van der Waals surface area contributed by atoms with Crippen LogP contribution in [0.5, 0.6) is 0 Å². The molecule has 0 bridgehead atoms. The molecule has 7 nitrogen and oxygen atoms in total. The van der Waals surface area contributed by atoms with E-state index in [1.165, 1.54) is 6.20 Å². The Labute approximate surface area is 124 Å². The van der Waals surface area contributed by atoms with Crippen molar-refractivity contribution in [3.8, 4) is 0 Å². The highest BCUT2D eigenvalue weighted by molar-refractivity contribution is 7.89. The molecule has 2 rings (SSSR count). The summed E-state index contributed by atoms with van der Waals surface area (Å²) in [5.41, 5.74) is 1.40. The summed E-state index contributed by atoms with van der Waals surface area (Å²) >= 11 is 0. The van der Waals surface area contributed by atoms with Gasteiger partial charge in [-0.05, 0) is 19.1 Å². The van der Waals surface area contributed by atoms with Gasteiger partial charge < -0.3 is 5.32 Å². The summed E-state index contributed by atoms with van der Waals surface area (Å²) in [7, 11) is -1.76. The third-order valence-electron chi connectivity index (χ3n) is 2.88. The quantitative estimate of drug-likeness (QED) is 0.788. The predicted octanol–water partition coefficient (Wildman–Crippen LogP) is 0.768. The van der Waals surface area contributed by atoms with Crippen LogP contribution in [0.2, 0.25) is 0 Å². The molecule has 0 amide bonds. The minimum Gasteiger partial charge on any atom is -0.384 e. The SMILES string of the molecule is CCNc1ccncc1S(=O)(=O)NCCc1ccn(C)n1. The molecule has 2 aromatic heterocycles. The number of sulfonamides is 1. The molecule has 0 saturated heterocycles. The van der Waals surface area contributed by atoms with Gasteiger partial charge in [-0.1, -0.05) is 0 Å². The van der Waals surface area contributed by atoms with Crippen molar-refractivity contribution in [3.63, 3.8) is 0 Å². The lowest BCUT2D eigenvalue weighted by molar-refractivity contribution is 0.581. The Kier molecular flexibility index (Phi) is 4.92. The van der Waals surface area contributed by atoms with Gasteiger partial charge in [0, 0.05) is 45.1 Å². The molecule has 8 heteroatoms. The van der Waals surface area contributed by atoms with E-state index in [1.54, 1.807) is 16.9 Å². The average molecular weight is 309 g/mol. The molecule has 114 valence electrons. The summed E-state index contributed by atoms with van der Waals surface area (Å²) in [5.74, 6) is 0. The van der Waals surface area contributed by atoms with Crippen LogP contribution in [0.3, 0.4) is 0 Å². The van der Waals surface area contributed by atoms with Crippen molar-refractivity contribution in [2.24, 2.45) is 7.05 Å². The first-order valence-electron chi connectivity index (χ1n) is 6.69. The van der Waals surface area contributed by atoms with E-state index in [1.807, 2.05) is 26.2 Å². The summed E-state index contributed by atoms with van der Waals surface area (Å²) in [4.78, 5) is 4.05. The van der Waals surface area contributed by atoms with E-state index < -0.39 is 10.0 Å². The maximum atomic E-state index is 12.3. The second kappa shape index (κ2) is 6.68. The highest BCUT2D eigenvalue weighted by Gasteiger charge is 2.18. The van der Waals surface area contributed by atoms with E-state index in [9.17, 15) is 8.42 Å². The fraction of sp³-hybridized carbons (Fsp3) is 0.385. The minimum atomic E-state index is -3.59. The van der Waals surface area contributed by atoms with Crippen LogP contribution < -0.4 is 10.0 Å². The van der Waals surface area contributed by atoms with E-state index in [0.717, 1.165) is 5.69 Å². The van der Waals surface area contributed by atoms with Gasteiger partial charge in [0.1, 0.15) is 4.90 Å². The maximum Gasteiger partial charge on any atom is 0.244 e. The van der Waals surface area contributed by atoms with Crippen molar-refractivity contribution in [2.75, 3.05) is 18.4 Å². The topological polar surface area (TPSA) is 88.9 Å². The number of nitrogens with zero attached hydrogens (tertiary/aromatic N) is 3. The van der Waals surface area contributed by atoms with Crippen molar-refractivity contribution in [2.45, 2.75) is 18.2 Å². The molecule has 0 aliphatic rings. The molecular formula is C13H19N5O2S. The summed E-state index contributed by atoms with van der Waals surface area (Å²) in [6.45, 7) is 2.84. The van der Waals surface area contributed by atoms with Crippen molar-refractivity contribution >= 4 is 15.7 Å². The van der Waals surface area contributed by atoms with E-state index in [-0.39, 0.29) is 4.90 Å². The van der Waals surface area contributed by atoms with Gasteiger partial charge >= 0.3 is 0 Å². The number of pyridine rings is 1. The average Bonchev–Trinajstić information content (AvgIpc) is 2.85. The number of nitrogens with one attached hydrogen (secondary N) is 2. The van der Waals surface area contributed by atoms with Gasteiger partial charge in [0.25, 0.3) is 0 Å². The first kappa shape index (κ1) is 15.5. The van der Waals surface area contributed by atoms with Crippen LogP contribution >= 0.6 is 0 Å². The summed E-state index contributed by atoms with van der Waals surface area (Å²) < 4.78 is 28.9. The molecule has 0 saturated carbocycles. The lowest BCUT2D eigenvalue weighted by Crippen LogP contribution is -2.27. The Morgan fingerprint density at radius 3 is 2.81 bits per heavy atom. The van der Waals surface area contributed by atoms with Gasteiger partial charge in [0.2, 0.25) is 10.0 Å². The van der Waals surface area contributed by atoms with Crippen molar-refractivity contribution in [1.82, 2.24) is 19.5 Å². The molecule has 2 aromatic rings. The largest absolute Gasteiger partial charge is 0.384 e. The molecule has 0 spiro atoms. The Balaban J connectivity index is 2.04. The Hall–Kier alpha value is -1.93. The zero-order valence-corrected chi connectivity index (χ0v) is 12.9. The van der Waals surface area contributed by atoms with Gasteiger partial charge in [0.15, 0.2) is 0 Å². The normalized spacial score (nSPS) is 11.5. The zero-order valence-electron chi connectivity index (χ0n) is 12.1. The van der Waals surface area contributed by atoms with Crippen LogP contribution in [-0.4, -0.2) is 36.3 Å². The highest BCUT2D eigenvalue weighted by atomic mass is 32.2. The molecule has 2 N–H and O–H groups in total. The smallest absolute Gasteiger partial charge is 0.244 e. The molecule has 0 fully saturated rings. The number of aromatic nitrogens is 3. The number of hydrogen-bond donors (Lipinski definition) is 2. The first-order valence-corrected chi connectivity index (χ1v) is 8.17. The van der Waals surface area contributed by atoms with E-state index in [4.69, 9.17) is 0 Å². The van der Waals surface area contributed by atoms with Crippen molar-refractivity contribution in [1.29, 1.82) is 0 Å². The van der Waals surface area contributed by atoms with Gasteiger partial charge in [0.05, 0.1) is 11.4 Å². The van der Waals surface area contributed by atoms with Crippen LogP contribution in [0.1, 0.15) is 12.6 Å². The maximum absolute atomic E-state index is 12.3. The second-order valence-corrected chi connectivity index (χ2v) is 6.27. The molecule has 21 heavy (non-hydrogen) atoms. The second-order valence-electron chi connectivity index (χ2n) is 4.53. The van der Waals surface area contributed by atoms with Crippen molar-refractivity contribution < 1.29 is 8.42 Å². The Bertz CT molecular complexity index is 696. The standard InChI is InChI=1S/C13H19N5O2S/c1-3-15-12-5-7-14-10-13(12)21(19,20)16-8-4-11-6-9-18(2)17-11/h5-7,9-10,16H,3-4,8H2,1-2H3,(H,14,15). The van der Waals surface area contributed by atoms with E-state index >= 15 is 0 Å². The van der Waals surface area contributed by atoms with Gasteiger partial charge in [-0.15, -0.1) is 0 Å². The number of anilines is 1. The minimum absolute atomic E-state index is 0.160. The lowest BCUT2D eigenvalue weighted by Gasteiger charge is -2.11. The fourth-order valence-corrected chi connectivity index (χ4v) is 3.07. The number of aryl methyl sites for hydroxylation is 1. The van der Waals surface area contributed by atoms with Gasteiger partial charge in [-0.3, -0.25) is 9.67 Å². The van der Waals surface area contributed by atoms with Gasteiger partial charge in [-0.2, -0.15) is 5.10 Å². The first-order chi connectivity index (χ1) is 10.0. The monoisotopic (exact) mass is 309 g/mol. The van der Waals surface area contributed by atoms with Crippen molar-refractivity contribution in [3.05, 3.63) is 36.4 Å². The number of hydrogen-bond acceptors (Lipinski definition) is 5. The Morgan fingerprint density at radius 1 is 1.33 bits per heavy atom. The summed E-state index contributed by atoms with van der Waals surface area (Å²) in [5, 5.41) is 7.23. The third kappa shape index (κ3) is 4.02. The summed E-state index contributed by atoms with van der Waals surface area (Å²) in [6, 6.07) is 3.51. The molecule has 0 unspecified atom stereocenters. The van der Waals surface area contributed by atoms with E-state index in [2.05, 4.69) is 20.1 Å². The van der Waals surface area contributed by atoms with Crippen LogP contribution in [0.15, 0.2) is 35.6 Å². The number of rotatable bonds is 7. The third-order valence-corrected chi connectivity index (χ3v) is 4.37. The molecule has 0 aromatic carbocycles. The molecular weight excluding hydrogens is 290 g/mol. The predicted molar refractivity (Wildman–Crippen MR) is 80.5 cm³/mol. The van der Waals surface area contributed by atoms with Crippen LogP contribution in [0, 0.1) is 0 Å². The van der Waals surface area contributed by atoms with Crippen LogP contribution in [0.4, 0.5) is 5.69 Å². The zero-order chi connectivity index (χ0) is 15.3. The molecule has 0 aliphatic carbocycles.